The first-order chi connectivity index (χ1) is 20.3. The molecule has 1 aliphatic rings. The molecule has 0 spiro atoms. The van der Waals surface area contributed by atoms with Crippen molar-refractivity contribution in [2.45, 2.75) is 25.8 Å². The van der Waals surface area contributed by atoms with E-state index < -0.39 is 29.9 Å². The van der Waals surface area contributed by atoms with Gasteiger partial charge in [0.05, 0.1) is 23.9 Å². The molecule has 1 aromatic heterocycles. The van der Waals surface area contributed by atoms with Crippen molar-refractivity contribution in [3.05, 3.63) is 71.9 Å². The van der Waals surface area contributed by atoms with Gasteiger partial charge >= 0.3 is 12.1 Å². The van der Waals surface area contributed by atoms with E-state index >= 15 is 0 Å². The highest BCUT2D eigenvalue weighted by atomic mass is 16.6. The fourth-order valence-electron chi connectivity index (χ4n) is 4.45. The minimum absolute atomic E-state index is 0.0107. The number of carbonyl (C=O) groups excluding carboxylic acids is 3. The Morgan fingerprint density at radius 2 is 1.64 bits per heavy atom. The zero-order valence-electron chi connectivity index (χ0n) is 23.0. The zero-order chi connectivity index (χ0) is 30.1. The molecule has 2 N–H and O–H groups in total. The highest BCUT2D eigenvalue weighted by Crippen LogP contribution is 2.23. The molecule has 1 saturated heterocycles. The molecule has 0 aliphatic carbocycles. The van der Waals surface area contributed by atoms with Gasteiger partial charge in [0.25, 0.3) is 5.91 Å². The lowest BCUT2D eigenvalue weighted by atomic mass is 10.1. The fourth-order valence-corrected chi connectivity index (χ4v) is 4.45. The topological polar surface area (TPSA) is 166 Å². The van der Waals surface area contributed by atoms with Gasteiger partial charge in [-0.05, 0) is 31.5 Å². The molecule has 4 rings (SSSR count). The summed E-state index contributed by atoms with van der Waals surface area (Å²) in [6.07, 6.45) is -0.928. The summed E-state index contributed by atoms with van der Waals surface area (Å²) in [7, 11) is 0. The van der Waals surface area contributed by atoms with E-state index in [1.807, 2.05) is 18.2 Å². The summed E-state index contributed by atoms with van der Waals surface area (Å²) in [6, 6.07) is 18.2. The second-order valence-electron chi connectivity index (χ2n) is 9.49. The van der Waals surface area contributed by atoms with Crippen molar-refractivity contribution < 1.29 is 29.0 Å². The molecule has 1 fully saturated rings. The maximum absolute atomic E-state index is 13.5. The molecule has 216 valence electrons. The summed E-state index contributed by atoms with van der Waals surface area (Å²) in [5, 5.41) is 21.1. The van der Waals surface area contributed by atoms with Gasteiger partial charge < -0.3 is 25.0 Å². The molecule has 3 aromatic rings. The predicted molar refractivity (Wildman–Crippen MR) is 151 cm³/mol. The third-order valence-corrected chi connectivity index (χ3v) is 6.67. The van der Waals surface area contributed by atoms with Gasteiger partial charge in [0.15, 0.2) is 5.82 Å². The molecule has 1 atom stereocenters. The number of nitrogens with zero attached hydrogens (tertiary/aromatic N) is 5. The second-order valence-corrected chi connectivity index (χ2v) is 9.49. The van der Waals surface area contributed by atoms with Gasteiger partial charge in [0, 0.05) is 43.7 Å². The van der Waals surface area contributed by atoms with Gasteiger partial charge in [-0.25, -0.2) is 14.8 Å². The molecule has 3 amide bonds. The highest BCUT2D eigenvalue weighted by molar-refractivity contribution is 5.97. The standard InChI is InChI=1S/C30H30N6O6/c1-2-42-30(41)36-16-14-35(15-17-36)29(40)23(12-13-26(37)38)34-28(39)25-18-24(21-10-8-20(19-31)9-11-21)32-27(33-25)22-6-4-3-5-7-22/h3-11,18,23H,2,12-17H2,1H3,(H,34,39)(H,37,38)/t23-/m0/s1. The van der Waals surface area contributed by atoms with Gasteiger partial charge in [-0.15, -0.1) is 0 Å². The SMILES string of the molecule is CCOC(=O)N1CCN(C(=O)[C@H](CCC(=O)O)NC(=O)c2cc(-c3ccc(C#N)cc3)nc(-c3ccccc3)n2)CC1. The summed E-state index contributed by atoms with van der Waals surface area (Å²) in [5.41, 5.74) is 2.21. The van der Waals surface area contributed by atoms with Crippen LogP contribution in [0.25, 0.3) is 22.6 Å². The quantitative estimate of drug-likeness (QED) is 0.393. The van der Waals surface area contributed by atoms with E-state index in [0.717, 1.165) is 0 Å². The van der Waals surface area contributed by atoms with Crippen LogP contribution in [-0.4, -0.2) is 87.6 Å². The molecule has 1 aliphatic heterocycles. The molecular formula is C30H30N6O6. The van der Waals surface area contributed by atoms with Crippen LogP contribution in [0.4, 0.5) is 4.79 Å². The second kappa shape index (κ2) is 13.8. The number of piperazine rings is 1. The number of hydrogen-bond donors (Lipinski definition) is 2. The van der Waals surface area contributed by atoms with E-state index in [2.05, 4.69) is 21.4 Å². The van der Waals surface area contributed by atoms with E-state index in [9.17, 15) is 24.3 Å². The Balaban J connectivity index is 1.59. The Morgan fingerprint density at radius 1 is 0.976 bits per heavy atom. The van der Waals surface area contributed by atoms with Crippen LogP contribution in [0.1, 0.15) is 35.8 Å². The van der Waals surface area contributed by atoms with Crippen molar-refractivity contribution in [2.24, 2.45) is 0 Å². The lowest BCUT2D eigenvalue weighted by Gasteiger charge is -2.35. The van der Waals surface area contributed by atoms with Crippen LogP contribution in [-0.2, 0) is 14.3 Å². The zero-order valence-corrected chi connectivity index (χ0v) is 23.0. The Morgan fingerprint density at radius 3 is 2.26 bits per heavy atom. The summed E-state index contributed by atoms with van der Waals surface area (Å²) in [4.78, 5) is 62.4. The van der Waals surface area contributed by atoms with Crippen LogP contribution >= 0.6 is 0 Å². The number of benzene rings is 2. The number of amides is 3. The number of nitrogens with one attached hydrogen (secondary N) is 1. The van der Waals surface area contributed by atoms with Gasteiger partial charge in [-0.1, -0.05) is 42.5 Å². The summed E-state index contributed by atoms with van der Waals surface area (Å²) < 4.78 is 5.02. The van der Waals surface area contributed by atoms with Gasteiger partial charge in [0.1, 0.15) is 11.7 Å². The number of ether oxygens (including phenoxy) is 1. The van der Waals surface area contributed by atoms with Crippen molar-refractivity contribution in [2.75, 3.05) is 32.8 Å². The average Bonchev–Trinajstić information content (AvgIpc) is 3.03. The Bertz CT molecular complexity index is 1480. The van der Waals surface area contributed by atoms with Crippen LogP contribution < -0.4 is 5.32 Å². The van der Waals surface area contributed by atoms with Crippen molar-refractivity contribution in [1.29, 1.82) is 5.26 Å². The van der Waals surface area contributed by atoms with Crippen LogP contribution in [0, 0.1) is 11.3 Å². The van der Waals surface area contributed by atoms with Crippen LogP contribution in [0.5, 0.6) is 0 Å². The maximum Gasteiger partial charge on any atom is 0.409 e. The van der Waals surface area contributed by atoms with Crippen molar-refractivity contribution in [1.82, 2.24) is 25.1 Å². The van der Waals surface area contributed by atoms with Crippen LogP contribution in [0.3, 0.4) is 0 Å². The van der Waals surface area contributed by atoms with E-state index in [1.165, 1.54) is 15.9 Å². The Labute approximate surface area is 242 Å². The lowest BCUT2D eigenvalue weighted by Crippen LogP contribution is -2.56. The minimum Gasteiger partial charge on any atom is -0.481 e. The number of rotatable bonds is 9. The lowest BCUT2D eigenvalue weighted by molar-refractivity contribution is -0.138. The molecule has 0 bridgehead atoms. The van der Waals surface area contributed by atoms with E-state index in [1.54, 1.807) is 43.3 Å². The van der Waals surface area contributed by atoms with Gasteiger partial charge in [-0.3, -0.25) is 14.4 Å². The molecule has 0 radical (unpaired) electrons. The normalized spacial score (nSPS) is 13.5. The van der Waals surface area contributed by atoms with Crippen molar-refractivity contribution in [3.63, 3.8) is 0 Å². The molecule has 12 nitrogen and oxygen atoms in total. The monoisotopic (exact) mass is 570 g/mol. The third-order valence-electron chi connectivity index (χ3n) is 6.67. The molecule has 12 heteroatoms. The number of carboxylic acids is 1. The average molecular weight is 571 g/mol. The first kappa shape index (κ1) is 29.7. The molecule has 42 heavy (non-hydrogen) atoms. The largest absolute Gasteiger partial charge is 0.481 e. The Hall–Kier alpha value is -5.31. The summed E-state index contributed by atoms with van der Waals surface area (Å²) in [6.45, 7) is 2.89. The molecule has 0 unspecified atom stereocenters. The number of aromatic nitrogens is 2. The molecule has 2 heterocycles. The smallest absolute Gasteiger partial charge is 0.409 e. The number of aliphatic carboxylic acids is 1. The fraction of sp³-hybridized carbons (Fsp3) is 0.300. The van der Waals surface area contributed by atoms with Crippen LogP contribution in [0.2, 0.25) is 0 Å². The van der Waals surface area contributed by atoms with Crippen molar-refractivity contribution >= 4 is 23.9 Å². The first-order valence-electron chi connectivity index (χ1n) is 13.5. The number of nitriles is 1. The van der Waals surface area contributed by atoms with Crippen LogP contribution in [0.15, 0.2) is 60.7 Å². The minimum atomic E-state index is -1.13. The predicted octanol–water partition coefficient (Wildman–Crippen LogP) is 2.95. The first-order valence-corrected chi connectivity index (χ1v) is 13.5. The number of hydrogen-bond acceptors (Lipinski definition) is 8. The number of carbonyl (C=O) groups is 4. The number of carboxylic acid groups (broad SMARTS) is 1. The van der Waals surface area contributed by atoms with Gasteiger partial charge in [0.2, 0.25) is 5.91 Å². The van der Waals surface area contributed by atoms with E-state index in [4.69, 9.17) is 10.00 Å². The highest BCUT2D eigenvalue weighted by Gasteiger charge is 2.31. The summed E-state index contributed by atoms with van der Waals surface area (Å²) in [5.74, 6) is -1.94. The molecule has 2 aromatic carbocycles. The molecular weight excluding hydrogens is 540 g/mol. The third kappa shape index (κ3) is 7.45. The van der Waals surface area contributed by atoms with E-state index in [-0.39, 0.29) is 57.1 Å². The summed E-state index contributed by atoms with van der Waals surface area (Å²) >= 11 is 0. The Kier molecular flexibility index (Phi) is 9.78. The van der Waals surface area contributed by atoms with Gasteiger partial charge in [-0.2, -0.15) is 5.26 Å². The van der Waals surface area contributed by atoms with E-state index in [0.29, 0.717) is 22.4 Å². The molecule has 0 saturated carbocycles. The maximum atomic E-state index is 13.5. The van der Waals surface area contributed by atoms with Crippen molar-refractivity contribution in [3.8, 4) is 28.7 Å².